The fourth-order valence-electron chi connectivity index (χ4n) is 2.72. The summed E-state index contributed by atoms with van der Waals surface area (Å²) in [5, 5.41) is 0. The molecule has 0 saturated carbocycles. The van der Waals surface area contributed by atoms with Crippen LogP contribution in [0.25, 0.3) is 0 Å². The Labute approximate surface area is 137 Å². The van der Waals surface area contributed by atoms with Crippen LogP contribution < -0.4 is 0 Å². The number of hydrogen-bond donors (Lipinski definition) is 0. The van der Waals surface area contributed by atoms with E-state index in [1.165, 1.54) is 0 Å². The maximum absolute atomic E-state index is 6.23. The van der Waals surface area contributed by atoms with E-state index in [1.54, 1.807) is 7.11 Å². The molecule has 120 valence electrons. The van der Waals surface area contributed by atoms with E-state index in [0.717, 1.165) is 17.5 Å². The van der Waals surface area contributed by atoms with Crippen LogP contribution in [0.5, 0.6) is 0 Å². The number of rotatable bonds is 6. The van der Waals surface area contributed by atoms with Crippen molar-refractivity contribution in [2.75, 3.05) is 13.7 Å². The van der Waals surface area contributed by atoms with Crippen molar-refractivity contribution >= 4 is 0 Å². The maximum atomic E-state index is 6.23. The van der Waals surface area contributed by atoms with E-state index in [4.69, 9.17) is 14.2 Å². The normalized spacial score (nSPS) is 20.8. The minimum Gasteiger partial charge on any atom is -0.366 e. The minimum atomic E-state index is -0.274. The molecular formula is C20H22O3. The monoisotopic (exact) mass is 310 g/mol. The molecule has 3 heteroatoms. The Morgan fingerprint density at radius 1 is 1.00 bits per heavy atom. The molecule has 0 bridgehead atoms. The van der Waals surface area contributed by atoms with Crippen molar-refractivity contribution in [1.82, 2.24) is 0 Å². The number of hydrogen-bond acceptors (Lipinski definition) is 3. The first-order chi connectivity index (χ1) is 11.4. The predicted octanol–water partition coefficient (Wildman–Crippen LogP) is 4.11. The van der Waals surface area contributed by atoms with Gasteiger partial charge in [-0.05, 0) is 23.6 Å². The number of methoxy groups -OCH3 is 1. The fourth-order valence-corrected chi connectivity index (χ4v) is 2.72. The van der Waals surface area contributed by atoms with Crippen LogP contribution >= 0.6 is 0 Å². The van der Waals surface area contributed by atoms with Gasteiger partial charge in [-0.1, -0.05) is 66.7 Å². The largest absolute Gasteiger partial charge is 0.366 e. The summed E-state index contributed by atoms with van der Waals surface area (Å²) in [4.78, 5) is 0. The SMILES string of the molecule is CO[C@@H]1C=CC[C@H](COC(c2ccccc2)c2ccccc2)O1. The summed E-state index contributed by atoms with van der Waals surface area (Å²) in [6.45, 7) is 0.526. The summed E-state index contributed by atoms with van der Waals surface area (Å²) in [7, 11) is 1.65. The van der Waals surface area contributed by atoms with E-state index in [-0.39, 0.29) is 18.5 Å². The highest BCUT2D eigenvalue weighted by Gasteiger charge is 2.21. The highest BCUT2D eigenvalue weighted by atomic mass is 16.7. The van der Waals surface area contributed by atoms with E-state index in [0.29, 0.717) is 6.61 Å². The van der Waals surface area contributed by atoms with Crippen LogP contribution in [0.2, 0.25) is 0 Å². The zero-order chi connectivity index (χ0) is 15.9. The first-order valence-electron chi connectivity index (χ1n) is 7.93. The molecule has 0 amide bonds. The van der Waals surface area contributed by atoms with Gasteiger partial charge in [-0.3, -0.25) is 0 Å². The van der Waals surface area contributed by atoms with Crippen molar-refractivity contribution in [3.05, 3.63) is 83.9 Å². The molecule has 2 aromatic carbocycles. The van der Waals surface area contributed by atoms with Gasteiger partial charge in [0.05, 0.1) is 12.7 Å². The first kappa shape index (κ1) is 15.9. The van der Waals surface area contributed by atoms with E-state index >= 15 is 0 Å². The molecule has 1 aliphatic rings. The third-order valence-electron chi connectivity index (χ3n) is 3.90. The molecule has 1 heterocycles. The maximum Gasteiger partial charge on any atom is 0.176 e. The Balaban J connectivity index is 1.71. The zero-order valence-corrected chi connectivity index (χ0v) is 13.3. The summed E-state index contributed by atoms with van der Waals surface area (Å²) in [5.41, 5.74) is 2.29. The molecule has 1 aliphatic heterocycles. The van der Waals surface area contributed by atoms with Crippen molar-refractivity contribution < 1.29 is 14.2 Å². The van der Waals surface area contributed by atoms with E-state index in [1.807, 2.05) is 42.5 Å². The van der Waals surface area contributed by atoms with Gasteiger partial charge >= 0.3 is 0 Å². The summed E-state index contributed by atoms with van der Waals surface area (Å²) in [5.74, 6) is 0. The molecule has 2 atom stereocenters. The lowest BCUT2D eigenvalue weighted by atomic mass is 10.0. The quantitative estimate of drug-likeness (QED) is 0.752. The van der Waals surface area contributed by atoms with Gasteiger partial charge in [0, 0.05) is 7.11 Å². The molecule has 3 rings (SSSR count). The Morgan fingerprint density at radius 3 is 2.17 bits per heavy atom. The van der Waals surface area contributed by atoms with Crippen LogP contribution in [0.15, 0.2) is 72.8 Å². The van der Waals surface area contributed by atoms with Gasteiger partial charge in [0.1, 0.15) is 6.10 Å². The summed E-state index contributed by atoms with van der Waals surface area (Å²) in [6, 6.07) is 20.6. The lowest BCUT2D eigenvalue weighted by molar-refractivity contribution is -0.151. The molecule has 0 spiro atoms. The van der Waals surface area contributed by atoms with Crippen molar-refractivity contribution in [3.8, 4) is 0 Å². The van der Waals surface area contributed by atoms with Gasteiger partial charge < -0.3 is 14.2 Å². The van der Waals surface area contributed by atoms with Crippen LogP contribution in [0.4, 0.5) is 0 Å². The first-order valence-corrected chi connectivity index (χ1v) is 7.93. The average Bonchev–Trinajstić information content (AvgIpc) is 2.64. The molecule has 0 radical (unpaired) electrons. The second-order valence-corrected chi connectivity index (χ2v) is 5.56. The zero-order valence-electron chi connectivity index (χ0n) is 13.3. The third kappa shape index (κ3) is 4.29. The minimum absolute atomic E-state index is 0.0138. The fraction of sp³-hybridized carbons (Fsp3) is 0.300. The predicted molar refractivity (Wildman–Crippen MR) is 90.1 cm³/mol. The van der Waals surface area contributed by atoms with Gasteiger partial charge in [0.15, 0.2) is 6.29 Å². The molecule has 2 aromatic rings. The van der Waals surface area contributed by atoms with Gasteiger partial charge in [-0.2, -0.15) is 0 Å². The second-order valence-electron chi connectivity index (χ2n) is 5.56. The lowest BCUT2D eigenvalue weighted by Crippen LogP contribution is -2.29. The molecule has 0 saturated heterocycles. The van der Waals surface area contributed by atoms with Gasteiger partial charge in [-0.15, -0.1) is 0 Å². The lowest BCUT2D eigenvalue weighted by Gasteiger charge is -2.27. The van der Waals surface area contributed by atoms with Gasteiger partial charge in [0.2, 0.25) is 0 Å². The molecule has 0 unspecified atom stereocenters. The summed E-state index contributed by atoms with van der Waals surface area (Å²) < 4.78 is 17.3. The molecular weight excluding hydrogens is 288 g/mol. The molecule has 0 aromatic heterocycles. The molecule has 23 heavy (non-hydrogen) atoms. The highest BCUT2D eigenvalue weighted by molar-refractivity contribution is 5.29. The standard InChI is InChI=1S/C20H22O3/c1-21-19-14-8-13-18(23-19)15-22-20(16-9-4-2-5-10-16)17-11-6-3-7-12-17/h2-12,14,18-20H,13,15H2,1H3/t18-,19+/m1/s1. The number of benzene rings is 2. The van der Waals surface area contributed by atoms with Crippen LogP contribution in [0.3, 0.4) is 0 Å². The van der Waals surface area contributed by atoms with Crippen molar-refractivity contribution in [2.24, 2.45) is 0 Å². The van der Waals surface area contributed by atoms with E-state index < -0.39 is 0 Å². The topological polar surface area (TPSA) is 27.7 Å². The molecule has 0 aliphatic carbocycles. The molecule has 0 N–H and O–H groups in total. The average molecular weight is 310 g/mol. The van der Waals surface area contributed by atoms with E-state index in [9.17, 15) is 0 Å². The summed E-state index contributed by atoms with van der Waals surface area (Å²) >= 11 is 0. The van der Waals surface area contributed by atoms with Crippen LogP contribution in [-0.2, 0) is 14.2 Å². The van der Waals surface area contributed by atoms with Crippen LogP contribution in [0, 0.1) is 0 Å². The van der Waals surface area contributed by atoms with Crippen molar-refractivity contribution in [1.29, 1.82) is 0 Å². The van der Waals surface area contributed by atoms with E-state index in [2.05, 4.69) is 30.3 Å². The van der Waals surface area contributed by atoms with Crippen LogP contribution in [-0.4, -0.2) is 26.1 Å². The molecule has 3 nitrogen and oxygen atoms in total. The Kier molecular flexibility index (Phi) is 5.59. The Bertz CT molecular complexity index is 570. The van der Waals surface area contributed by atoms with Gasteiger partial charge in [0.25, 0.3) is 0 Å². The number of ether oxygens (including phenoxy) is 3. The smallest absolute Gasteiger partial charge is 0.176 e. The second kappa shape index (κ2) is 8.06. The van der Waals surface area contributed by atoms with Gasteiger partial charge in [-0.25, -0.2) is 0 Å². The van der Waals surface area contributed by atoms with Crippen LogP contribution in [0.1, 0.15) is 23.7 Å². The van der Waals surface area contributed by atoms with Crippen molar-refractivity contribution in [3.63, 3.8) is 0 Å². The third-order valence-corrected chi connectivity index (χ3v) is 3.90. The highest BCUT2D eigenvalue weighted by Crippen LogP contribution is 2.27. The molecule has 0 fully saturated rings. The Morgan fingerprint density at radius 2 is 1.61 bits per heavy atom. The van der Waals surface area contributed by atoms with Crippen molar-refractivity contribution in [2.45, 2.75) is 24.9 Å². The summed E-state index contributed by atoms with van der Waals surface area (Å²) in [6.07, 6.45) is 4.52. The Hall–Kier alpha value is -1.94.